The van der Waals surface area contributed by atoms with E-state index in [1.165, 1.54) is 0 Å². The third-order valence-corrected chi connectivity index (χ3v) is 5.77. The SMILES string of the molecule is CC[C@@H](C)NC(=O)[C@@H](C)N(Cc1ccccc1Cl)C(=O)CCc1ccccc1Cl. The number of carbonyl (C=O) groups is 2. The standard InChI is InChI=1S/C23H28Cl2N2O2/c1-4-16(2)26-23(29)17(3)27(15-19-10-6-8-12-21(19)25)22(28)14-13-18-9-5-7-11-20(18)24/h5-12,16-17H,4,13-15H2,1-3H3,(H,26,29)/t16-,17-/m1/s1. The molecule has 2 rings (SSSR count). The molecule has 0 fully saturated rings. The van der Waals surface area contributed by atoms with Crippen molar-refractivity contribution in [1.29, 1.82) is 0 Å². The molecule has 0 aromatic heterocycles. The number of nitrogens with zero attached hydrogens (tertiary/aromatic N) is 1. The van der Waals surface area contributed by atoms with Gasteiger partial charge in [-0.1, -0.05) is 66.5 Å². The van der Waals surface area contributed by atoms with Crippen molar-refractivity contribution < 1.29 is 9.59 Å². The highest BCUT2D eigenvalue weighted by Crippen LogP contribution is 2.21. The van der Waals surface area contributed by atoms with Crippen molar-refractivity contribution in [2.75, 3.05) is 0 Å². The molecule has 1 N–H and O–H groups in total. The molecule has 0 aliphatic carbocycles. The molecule has 0 aliphatic rings. The van der Waals surface area contributed by atoms with Crippen LogP contribution in [0, 0.1) is 0 Å². The number of aryl methyl sites for hydroxylation is 1. The molecule has 0 saturated carbocycles. The van der Waals surface area contributed by atoms with E-state index in [9.17, 15) is 9.59 Å². The van der Waals surface area contributed by atoms with Crippen LogP contribution in [0.2, 0.25) is 10.0 Å². The summed E-state index contributed by atoms with van der Waals surface area (Å²) >= 11 is 12.5. The Balaban J connectivity index is 2.18. The van der Waals surface area contributed by atoms with Crippen LogP contribution >= 0.6 is 23.2 Å². The summed E-state index contributed by atoms with van der Waals surface area (Å²) in [6, 6.07) is 14.3. The molecule has 2 aromatic rings. The van der Waals surface area contributed by atoms with E-state index in [1.54, 1.807) is 17.9 Å². The highest BCUT2D eigenvalue weighted by Gasteiger charge is 2.27. The minimum absolute atomic E-state index is 0.0466. The van der Waals surface area contributed by atoms with Crippen LogP contribution in [0.4, 0.5) is 0 Å². The van der Waals surface area contributed by atoms with E-state index in [1.807, 2.05) is 56.3 Å². The normalized spacial score (nSPS) is 12.9. The lowest BCUT2D eigenvalue weighted by atomic mass is 10.1. The fourth-order valence-electron chi connectivity index (χ4n) is 2.94. The molecule has 0 unspecified atom stereocenters. The minimum atomic E-state index is -0.612. The van der Waals surface area contributed by atoms with Crippen molar-refractivity contribution >= 4 is 35.0 Å². The van der Waals surface area contributed by atoms with Crippen LogP contribution in [0.1, 0.15) is 44.7 Å². The van der Waals surface area contributed by atoms with Gasteiger partial charge in [-0.05, 0) is 49.9 Å². The molecule has 29 heavy (non-hydrogen) atoms. The highest BCUT2D eigenvalue weighted by atomic mass is 35.5. The van der Waals surface area contributed by atoms with Crippen LogP contribution in [0.15, 0.2) is 48.5 Å². The minimum Gasteiger partial charge on any atom is -0.352 e. The van der Waals surface area contributed by atoms with Gasteiger partial charge in [0.05, 0.1) is 0 Å². The maximum atomic E-state index is 13.1. The molecule has 0 radical (unpaired) electrons. The summed E-state index contributed by atoms with van der Waals surface area (Å²) in [5, 5.41) is 4.18. The van der Waals surface area contributed by atoms with Crippen LogP contribution < -0.4 is 5.32 Å². The average Bonchev–Trinajstić information content (AvgIpc) is 2.71. The maximum absolute atomic E-state index is 13.1. The summed E-state index contributed by atoms with van der Waals surface area (Å²) in [6.45, 7) is 5.98. The van der Waals surface area contributed by atoms with Crippen LogP contribution in [0.5, 0.6) is 0 Å². The molecule has 2 atom stereocenters. The Bertz CT molecular complexity index is 841. The molecule has 0 saturated heterocycles. The topological polar surface area (TPSA) is 49.4 Å². The molecule has 4 nitrogen and oxygen atoms in total. The molecule has 2 amide bonds. The van der Waals surface area contributed by atoms with Crippen LogP contribution in [-0.2, 0) is 22.6 Å². The first kappa shape index (κ1) is 23.2. The summed E-state index contributed by atoms with van der Waals surface area (Å²) in [4.78, 5) is 27.4. The van der Waals surface area contributed by atoms with Gasteiger partial charge in [0.2, 0.25) is 11.8 Å². The Labute approximate surface area is 183 Å². The van der Waals surface area contributed by atoms with E-state index in [-0.39, 0.29) is 30.8 Å². The first-order valence-electron chi connectivity index (χ1n) is 9.90. The van der Waals surface area contributed by atoms with Crippen molar-refractivity contribution in [3.8, 4) is 0 Å². The van der Waals surface area contributed by atoms with Crippen molar-refractivity contribution in [3.63, 3.8) is 0 Å². The first-order valence-corrected chi connectivity index (χ1v) is 10.7. The van der Waals surface area contributed by atoms with E-state index in [0.717, 1.165) is 17.5 Å². The van der Waals surface area contributed by atoms with Crippen molar-refractivity contribution in [2.24, 2.45) is 0 Å². The van der Waals surface area contributed by atoms with Gasteiger partial charge < -0.3 is 10.2 Å². The number of benzene rings is 2. The van der Waals surface area contributed by atoms with Gasteiger partial charge in [-0.25, -0.2) is 0 Å². The zero-order valence-corrected chi connectivity index (χ0v) is 18.6. The fourth-order valence-corrected chi connectivity index (χ4v) is 3.37. The van der Waals surface area contributed by atoms with Gasteiger partial charge in [0.25, 0.3) is 0 Å². The molecular formula is C23H28Cl2N2O2. The van der Waals surface area contributed by atoms with Gasteiger partial charge in [-0.3, -0.25) is 9.59 Å². The van der Waals surface area contributed by atoms with Crippen molar-refractivity contribution in [3.05, 3.63) is 69.7 Å². The van der Waals surface area contributed by atoms with E-state index < -0.39 is 6.04 Å². The molecule has 2 aromatic carbocycles. The molecule has 6 heteroatoms. The lowest BCUT2D eigenvalue weighted by molar-refractivity contribution is -0.140. The summed E-state index contributed by atoms with van der Waals surface area (Å²) in [7, 11) is 0. The maximum Gasteiger partial charge on any atom is 0.242 e. The third kappa shape index (κ3) is 6.76. The van der Waals surface area contributed by atoms with Crippen molar-refractivity contribution in [2.45, 2.75) is 58.7 Å². The highest BCUT2D eigenvalue weighted by molar-refractivity contribution is 6.31. The third-order valence-electron chi connectivity index (χ3n) is 5.03. The predicted octanol–water partition coefficient (Wildman–Crippen LogP) is 5.26. The molecule has 156 valence electrons. The lowest BCUT2D eigenvalue weighted by Gasteiger charge is -2.30. The van der Waals surface area contributed by atoms with Gasteiger partial charge in [0, 0.05) is 29.1 Å². The number of carbonyl (C=O) groups excluding carboxylic acids is 2. The molecular weight excluding hydrogens is 407 g/mol. The average molecular weight is 435 g/mol. The van der Waals surface area contributed by atoms with Crippen LogP contribution in [0.25, 0.3) is 0 Å². The number of halogens is 2. The Hall–Kier alpha value is -2.04. The quantitative estimate of drug-likeness (QED) is 0.584. The van der Waals surface area contributed by atoms with Gasteiger partial charge in [-0.15, -0.1) is 0 Å². The molecule has 0 heterocycles. The first-order chi connectivity index (χ1) is 13.8. The fraction of sp³-hybridized carbons (Fsp3) is 0.391. The number of hydrogen-bond acceptors (Lipinski definition) is 2. The number of amides is 2. The largest absolute Gasteiger partial charge is 0.352 e. The van der Waals surface area contributed by atoms with Gasteiger partial charge in [0.1, 0.15) is 6.04 Å². The monoisotopic (exact) mass is 434 g/mol. The molecule has 0 bridgehead atoms. The zero-order valence-electron chi connectivity index (χ0n) is 17.1. The summed E-state index contributed by atoms with van der Waals surface area (Å²) in [5.41, 5.74) is 1.72. The lowest BCUT2D eigenvalue weighted by Crippen LogP contribution is -2.49. The van der Waals surface area contributed by atoms with Crippen molar-refractivity contribution in [1.82, 2.24) is 10.2 Å². The number of nitrogens with one attached hydrogen (secondary N) is 1. The number of hydrogen-bond donors (Lipinski definition) is 1. The van der Waals surface area contributed by atoms with Gasteiger partial charge in [0.15, 0.2) is 0 Å². The predicted molar refractivity (Wildman–Crippen MR) is 119 cm³/mol. The second-order valence-electron chi connectivity index (χ2n) is 7.20. The molecule has 0 aliphatic heterocycles. The Morgan fingerprint density at radius 3 is 2.07 bits per heavy atom. The van der Waals surface area contributed by atoms with E-state index in [2.05, 4.69) is 5.32 Å². The van der Waals surface area contributed by atoms with E-state index >= 15 is 0 Å². The second-order valence-corrected chi connectivity index (χ2v) is 8.01. The zero-order chi connectivity index (χ0) is 21.4. The summed E-state index contributed by atoms with van der Waals surface area (Å²) in [5.74, 6) is -0.283. The Kier molecular flexibility index (Phi) is 8.99. The van der Waals surface area contributed by atoms with E-state index in [0.29, 0.717) is 16.5 Å². The number of rotatable bonds is 9. The Morgan fingerprint density at radius 2 is 1.52 bits per heavy atom. The van der Waals surface area contributed by atoms with E-state index in [4.69, 9.17) is 23.2 Å². The smallest absolute Gasteiger partial charge is 0.242 e. The van der Waals surface area contributed by atoms with Gasteiger partial charge >= 0.3 is 0 Å². The second kappa shape index (κ2) is 11.2. The van der Waals surface area contributed by atoms with Gasteiger partial charge in [-0.2, -0.15) is 0 Å². The summed E-state index contributed by atoms with van der Waals surface area (Å²) < 4.78 is 0. The summed E-state index contributed by atoms with van der Waals surface area (Å²) in [6.07, 6.45) is 1.59. The van der Waals surface area contributed by atoms with Crippen LogP contribution in [-0.4, -0.2) is 28.8 Å². The van der Waals surface area contributed by atoms with Crippen LogP contribution in [0.3, 0.4) is 0 Å². The Morgan fingerprint density at radius 1 is 0.966 bits per heavy atom. The molecule has 0 spiro atoms.